The summed E-state index contributed by atoms with van der Waals surface area (Å²) in [5.41, 5.74) is 1.35. The number of fused-ring (bicyclic) bond motifs is 2. The highest BCUT2D eigenvalue weighted by Crippen LogP contribution is 2.25. The van der Waals surface area contributed by atoms with Gasteiger partial charge in [0.2, 0.25) is 11.8 Å². The van der Waals surface area contributed by atoms with Gasteiger partial charge >= 0.3 is 27.8 Å². The molecule has 16 nitrogen and oxygen atoms in total. The van der Waals surface area contributed by atoms with Gasteiger partial charge in [0.1, 0.15) is 35.4 Å². The predicted molar refractivity (Wildman–Crippen MR) is 220 cm³/mol. The number of carbonyl (C=O) groups is 3. The first-order valence-corrected chi connectivity index (χ1v) is 20.8. The van der Waals surface area contributed by atoms with Gasteiger partial charge in [-0.1, -0.05) is 0 Å². The second-order valence-corrected chi connectivity index (χ2v) is 15.4. The van der Waals surface area contributed by atoms with Crippen molar-refractivity contribution >= 4 is 61.6 Å². The van der Waals surface area contributed by atoms with E-state index < -0.39 is 87.8 Å². The van der Waals surface area contributed by atoms with Crippen molar-refractivity contribution in [2.45, 2.75) is 65.7 Å². The lowest BCUT2D eigenvalue weighted by atomic mass is 10.0. The van der Waals surface area contributed by atoms with Gasteiger partial charge in [0.25, 0.3) is 0 Å². The van der Waals surface area contributed by atoms with Crippen molar-refractivity contribution < 1.29 is 49.2 Å². The average molecular weight is 884 g/mol. The molecular formula is C41H41F4N7O9S. The topological polar surface area (TPSA) is 198 Å². The van der Waals surface area contributed by atoms with Crippen molar-refractivity contribution in [3.8, 4) is 0 Å². The Bertz CT molecular complexity index is 2870. The molecule has 0 radical (unpaired) electrons. The Morgan fingerprint density at radius 1 is 0.629 bits per heavy atom. The molecular weight excluding hydrogens is 843 g/mol. The molecule has 0 bridgehead atoms. The number of halogens is 4. The van der Waals surface area contributed by atoms with Gasteiger partial charge in [-0.05, 0) is 106 Å². The fraction of sp³-hybridized carbons (Fsp3) is 0.293. The molecule has 2 heterocycles. The van der Waals surface area contributed by atoms with E-state index in [2.05, 4.69) is 10.0 Å². The number of urea groups is 1. The van der Waals surface area contributed by atoms with Crippen molar-refractivity contribution in [3.05, 3.63) is 128 Å². The van der Waals surface area contributed by atoms with Gasteiger partial charge in [-0.15, -0.1) is 0 Å². The first-order valence-electron chi connectivity index (χ1n) is 19.3. The van der Waals surface area contributed by atoms with Crippen LogP contribution in [0.3, 0.4) is 0 Å². The van der Waals surface area contributed by atoms with Crippen LogP contribution in [0.4, 0.5) is 33.7 Å². The maximum Gasteiger partial charge on any atom is 0.419 e. The van der Waals surface area contributed by atoms with Crippen LogP contribution in [0.1, 0.15) is 38.8 Å². The molecule has 0 unspecified atom stereocenters. The molecule has 6 rings (SSSR count). The number of hydrogen-bond acceptors (Lipinski definition) is 9. The Morgan fingerprint density at radius 2 is 1.03 bits per heavy atom. The zero-order valence-corrected chi connectivity index (χ0v) is 34.5. The second kappa shape index (κ2) is 18.5. The van der Waals surface area contributed by atoms with E-state index in [1.807, 2.05) is 0 Å². The number of hydrogen-bond donors (Lipinski definition) is 3. The molecule has 0 spiro atoms. The lowest BCUT2D eigenvalue weighted by molar-refractivity contribution is -0.120. The average Bonchev–Trinajstić information content (AvgIpc) is 3.69. The number of nitrogens with zero attached hydrogens (tertiary/aromatic N) is 4. The number of likely N-dealkylation sites (N-methyl/N-ethyl adjacent to an activating group) is 2. The smallest absolute Gasteiger partial charge is 0.408 e. The van der Waals surface area contributed by atoms with E-state index in [4.69, 9.17) is 8.83 Å². The molecule has 6 aromatic rings. The predicted octanol–water partition coefficient (Wildman–Crippen LogP) is 4.86. The Morgan fingerprint density at radius 3 is 1.44 bits per heavy atom. The normalized spacial score (nSPS) is 12.6. The number of aromatic nitrogens is 2. The summed E-state index contributed by atoms with van der Waals surface area (Å²) < 4.78 is 102. The maximum atomic E-state index is 14.3. The molecule has 4 aromatic carbocycles. The van der Waals surface area contributed by atoms with Crippen LogP contribution in [0.15, 0.2) is 91.2 Å². The number of carbonyl (C=O) groups excluding carboxylic acids is 3. The van der Waals surface area contributed by atoms with Crippen molar-refractivity contribution in [3.63, 3.8) is 0 Å². The van der Waals surface area contributed by atoms with Gasteiger partial charge in [0.15, 0.2) is 11.2 Å². The van der Waals surface area contributed by atoms with Crippen LogP contribution in [-0.2, 0) is 45.7 Å². The van der Waals surface area contributed by atoms with Gasteiger partial charge in [0, 0.05) is 56.1 Å². The van der Waals surface area contributed by atoms with Gasteiger partial charge in [-0.2, -0.15) is 13.1 Å². The second-order valence-electron chi connectivity index (χ2n) is 14.0. The SMILES string of the molecule is CCN(C(=O)[C@H](Cc1cc(F)cc(F)c1)NC(=O)NS(=O)(=O)N[C@@H](Cc1cc(F)cc(F)c1)C(=O)N(CC)c1ccc2oc(=O)n(CC)c2c1)c1ccc2oc(=O)n(CC)c2c1. The number of aryl methyl sites for hydroxylation is 2. The van der Waals surface area contributed by atoms with Crippen LogP contribution in [0, 0.1) is 23.3 Å². The number of rotatable bonds is 16. The molecule has 0 aliphatic heterocycles. The van der Waals surface area contributed by atoms with Gasteiger partial charge < -0.3 is 24.0 Å². The Kier molecular flexibility index (Phi) is 13.4. The van der Waals surface area contributed by atoms with Gasteiger partial charge in [-0.3, -0.25) is 18.7 Å². The zero-order valence-electron chi connectivity index (χ0n) is 33.7. The van der Waals surface area contributed by atoms with Crippen molar-refractivity contribution in [2.75, 3.05) is 22.9 Å². The zero-order chi connectivity index (χ0) is 45.0. The van der Waals surface area contributed by atoms with Gasteiger partial charge in [-0.25, -0.2) is 36.7 Å². The maximum absolute atomic E-state index is 14.3. The van der Waals surface area contributed by atoms with Gasteiger partial charge in [0.05, 0.1) is 11.0 Å². The highest BCUT2D eigenvalue weighted by atomic mass is 32.2. The van der Waals surface area contributed by atoms with E-state index in [1.54, 1.807) is 32.4 Å². The summed E-state index contributed by atoms with van der Waals surface area (Å²) in [4.78, 5) is 69.1. The van der Waals surface area contributed by atoms with E-state index in [-0.39, 0.29) is 59.8 Å². The van der Waals surface area contributed by atoms with Crippen LogP contribution in [0.2, 0.25) is 0 Å². The number of anilines is 2. The lowest BCUT2D eigenvalue weighted by Crippen LogP contribution is -2.57. The Hall–Kier alpha value is -6.74. The standard InChI is InChI=1S/C41H41F4N7O9S/c1-5-49(29-9-11-35-33(21-29)51(7-3)40(56)60-35)37(53)31(17-23-13-25(42)19-26(43)14-23)46-39(55)48-62(58,59)47-32(18-24-15-27(44)20-28(45)16-24)38(54)50(6-2)30-10-12-36-34(22-30)52(8-4)41(57)61-36/h9-16,19-22,31-32,47H,5-8,17-18H2,1-4H3,(H2,46,48,55)/t31-,32-/m0/s1. The third kappa shape index (κ3) is 9.89. The largest absolute Gasteiger partial charge is 0.419 e. The van der Waals surface area contributed by atoms with Crippen LogP contribution in [0.25, 0.3) is 22.2 Å². The first kappa shape index (κ1) is 44.8. The van der Waals surface area contributed by atoms with Crippen molar-refractivity contribution in [1.82, 2.24) is 23.9 Å². The van der Waals surface area contributed by atoms with Crippen molar-refractivity contribution in [2.24, 2.45) is 0 Å². The van der Waals surface area contributed by atoms with E-state index in [1.165, 1.54) is 50.4 Å². The first-order chi connectivity index (χ1) is 29.4. The summed E-state index contributed by atoms with van der Waals surface area (Å²) in [7, 11) is -5.09. The van der Waals surface area contributed by atoms with Crippen LogP contribution in [-0.4, -0.2) is 60.6 Å². The summed E-state index contributed by atoms with van der Waals surface area (Å²) in [5.74, 6) is -7.07. The molecule has 3 N–H and O–H groups in total. The number of amides is 4. The third-order valence-electron chi connectivity index (χ3n) is 9.87. The van der Waals surface area contributed by atoms with Crippen LogP contribution in [0.5, 0.6) is 0 Å². The van der Waals surface area contributed by atoms with Crippen LogP contribution < -0.4 is 36.1 Å². The molecule has 62 heavy (non-hydrogen) atoms. The number of nitrogens with one attached hydrogen (secondary N) is 3. The highest BCUT2D eigenvalue weighted by Gasteiger charge is 2.33. The monoisotopic (exact) mass is 883 g/mol. The molecule has 0 aliphatic rings. The number of oxazole rings is 2. The summed E-state index contributed by atoms with van der Waals surface area (Å²) in [5, 5.41) is 2.26. The van der Waals surface area contributed by atoms with E-state index in [0.717, 1.165) is 29.2 Å². The Balaban J connectivity index is 1.30. The molecule has 4 amide bonds. The third-order valence-corrected chi connectivity index (χ3v) is 10.9. The molecule has 0 fully saturated rings. The molecule has 0 saturated heterocycles. The molecule has 2 aromatic heterocycles. The Labute approximate surface area is 350 Å². The summed E-state index contributed by atoms with van der Waals surface area (Å²) in [6, 6.07) is 8.58. The number of benzene rings is 4. The summed E-state index contributed by atoms with van der Waals surface area (Å²) in [6.07, 6.45) is -1.16. The minimum atomic E-state index is -5.09. The van der Waals surface area contributed by atoms with Crippen LogP contribution >= 0.6 is 0 Å². The highest BCUT2D eigenvalue weighted by molar-refractivity contribution is 7.88. The molecule has 0 aliphatic carbocycles. The van der Waals surface area contributed by atoms with E-state index >= 15 is 0 Å². The summed E-state index contributed by atoms with van der Waals surface area (Å²) in [6.45, 7) is 6.93. The lowest BCUT2D eigenvalue weighted by Gasteiger charge is -2.28. The summed E-state index contributed by atoms with van der Waals surface area (Å²) >= 11 is 0. The van der Waals surface area contributed by atoms with E-state index in [0.29, 0.717) is 23.2 Å². The molecule has 2 atom stereocenters. The minimum absolute atomic E-state index is 0.0296. The van der Waals surface area contributed by atoms with E-state index in [9.17, 15) is 50.0 Å². The molecule has 21 heteroatoms. The molecule has 0 saturated carbocycles. The fourth-order valence-electron chi connectivity index (χ4n) is 7.18. The molecule has 328 valence electrons. The minimum Gasteiger partial charge on any atom is -0.408 e. The van der Waals surface area contributed by atoms with Crippen molar-refractivity contribution in [1.29, 1.82) is 0 Å². The quantitative estimate of drug-likeness (QED) is 0.114. The fourth-order valence-corrected chi connectivity index (χ4v) is 8.10.